The molecule has 3 aromatic rings. The fourth-order valence-corrected chi connectivity index (χ4v) is 4.94. The van der Waals surface area contributed by atoms with E-state index in [0.29, 0.717) is 12.6 Å². The van der Waals surface area contributed by atoms with E-state index in [4.69, 9.17) is 9.84 Å². The van der Waals surface area contributed by atoms with Crippen molar-refractivity contribution in [2.45, 2.75) is 57.2 Å². The molecular weight excluding hydrogens is 474 g/mol. The molecular formula is C22H31N7O5S. The Bertz CT molecular complexity index is 1290. The summed E-state index contributed by atoms with van der Waals surface area (Å²) >= 11 is 0. The molecule has 4 rings (SSSR count). The smallest absolute Gasteiger partial charge is 0.255 e. The summed E-state index contributed by atoms with van der Waals surface area (Å²) in [6.07, 6.45) is 8.91. The number of hydrogen-bond donors (Lipinski definition) is 3. The van der Waals surface area contributed by atoms with Gasteiger partial charge < -0.3 is 15.2 Å². The Morgan fingerprint density at radius 2 is 2.03 bits per heavy atom. The third-order valence-corrected chi connectivity index (χ3v) is 6.60. The largest absolute Gasteiger partial charge is 0.393 e. The van der Waals surface area contributed by atoms with E-state index >= 15 is 0 Å². The summed E-state index contributed by atoms with van der Waals surface area (Å²) in [4.78, 5) is 16.5. The molecule has 1 aliphatic rings. The molecule has 0 saturated heterocycles. The number of aliphatic hydroxyl groups excluding tert-OH is 1. The number of carbonyl (C=O) groups is 1. The van der Waals surface area contributed by atoms with Crippen LogP contribution in [-0.2, 0) is 26.1 Å². The second kappa shape index (κ2) is 10.3. The number of fused-ring (bicyclic) bond motifs is 1. The van der Waals surface area contributed by atoms with Crippen molar-refractivity contribution in [2.24, 2.45) is 0 Å². The van der Waals surface area contributed by atoms with Gasteiger partial charge in [0.05, 0.1) is 36.9 Å². The van der Waals surface area contributed by atoms with Gasteiger partial charge >= 0.3 is 0 Å². The lowest BCUT2D eigenvalue weighted by Crippen LogP contribution is -2.32. The third-order valence-electron chi connectivity index (χ3n) is 6.00. The van der Waals surface area contributed by atoms with Crippen molar-refractivity contribution in [1.29, 1.82) is 0 Å². The van der Waals surface area contributed by atoms with Crippen LogP contribution in [0.25, 0.3) is 16.6 Å². The first-order valence-corrected chi connectivity index (χ1v) is 13.4. The van der Waals surface area contributed by atoms with Crippen LogP contribution < -0.4 is 10.0 Å². The lowest BCUT2D eigenvalue weighted by atomic mass is 9.85. The minimum absolute atomic E-state index is 0.0251. The Kier molecular flexibility index (Phi) is 7.38. The number of methoxy groups -OCH3 is 1. The summed E-state index contributed by atoms with van der Waals surface area (Å²) in [5.74, 6) is 0.0402. The minimum atomic E-state index is -3.64. The molecule has 0 aromatic carbocycles. The van der Waals surface area contributed by atoms with Crippen LogP contribution in [-0.4, -0.2) is 75.9 Å². The Balaban J connectivity index is 1.67. The van der Waals surface area contributed by atoms with Gasteiger partial charge in [0.15, 0.2) is 0 Å². The average molecular weight is 506 g/mol. The second-order valence-corrected chi connectivity index (χ2v) is 10.8. The van der Waals surface area contributed by atoms with Crippen LogP contribution in [0.1, 0.15) is 44.2 Å². The maximum atomic E-state index is 12.0. The molecule has 1 amide bonds. The van der Waals surface area contributed by atoms with Crippen LogP contribution in [0.3, 0.4) is 0 Å². The number of sulfonamides is 1. The predicted octanol–water partition coefficient (Wildman–Crippen LogP) is 1.13. The normalized spacial score (nSPS) is 19.5. The highest BCUT2D eigenvalue weighted by Crippen LogP contribution is 2.37. The van der Waals surface area contributed by atoms with Crippen molar-refractivity contribution in [1.82, 2.24) is 29.1 Å². The van der Waals surface area contributed by atoms with Crippen LogP contribution in [0.2, 0.25) is 0 Å². The zero-order chi connectivity index (χ0) is 25.2. The fourth-order valence-electron chi connectivity index (χ4n) is 4.46. The maximum absolute atomic E-state index is 12.0. The van der Waals surface area contributed by atoms with Crippen molar-refractivity contribution >= 4 is 27.4 Å². The summed E-state index contributed by atoms with van der Waals surface area (Å²) in [6.45, 7) is 2.27. The van der Waals surface area contributed by atoms with Crippen LogP contribution >= 0.6 is 0 Å². The second-order valence-electron chi connectivity index (χ2n) is 9.09. The first-order valence-electron chi connectivity index (χ1n) is 11.5. The van der Waals surface area contributed by atoms with Gasteiger partial charge in [0, 0.05) is 42.1 Å². The molecule has 190 valence electrons. The van der Waals surface area contributed by atoms with Gasteiger partial charge in [-0.1, -0.05) is 0 Å². The Labute approximate surface area is 203 Å². The lowest BCUT2D eigenvalue weighted by Gasteiger charge is -2.25. The summed E-state index contributed by atoms with van der Waals surface area (Å²) in [5, 5.41) is 22.2. The molecule has 0 radical (unpaired) electrons. The number of rotatable bonds is 9. The van der Waals surface area contributed by atoms with Gasteiger partial charge in [0.25, 0.3) is 5.91 Å². The number of nitrogens with zero attached hydrogens (tertiary/aromatic N) is 5. The molecule has 35 heavy (non-hydrogen) atoms. The van der Waals surface area contributed by atoms with Crippen LogP contribution in [0, 0.1) is 0 Å². The number of ether oxygens (including phenoxy) is 1. The predicted molar refractivity (Wildman–Crippen MR) is 129 cm³/mol. The third kappa shape index (κ3) is 6.16. The van der Waals surface area contributed by atoms with Crippen molar-refractivity contribution < 1.29 is 23.1 Å². The molecule has 1 aliphatic carbocycles. The van der Waals surface area contributed by atoms with Crippen molar-refractivity contribution in [3.05, 3.63) is 30.4 Å². The first kappa shape index (κ1) is 25.1. The fraction of sp³-hybridized carbons (Fsp3) is 0.545. The molecule has 0 bridgehead atoms. The highest BCUT2D eigenvalue weighted by atomic mass is 32.2. The summed E-state index contributed by atoms with van der Waals surface area (Å²) in [5.41, 5.74) is 3.43. The van der Waals surface area contributed by atoms with Gasteiger partial charge in [-0.2, -0.15) is 5.10 Å². The molecule has 1 fully saturated rings. The number of anilines is 1. The van der Waals surface area contributed by atoms with Crippen LogP contribution in [0.15, 0.2) is 24.7 Å². The molecule has 0 unspecified atom stereocenters. The highest BCUT2D eigenvalue weighted by molar-refractivity contribution is 7.89. The molecule has 0 aliphatic heterocycles. The minimum Gasteiger partial charge on any atom is -0.393 e. The Morgan fingerprint density at radius 1 is 1.29 bits per heavy atom. The number of aromatic nitrogens is 5. The molecule has 0 spiro atoms. The van der Waals surface area contributed by atoms with E-state index in [0.717, 1.165) is 54.3 Å². The van der Waals surface area contributed by atoms with Crippen molar-refractivity contribution in [3.63, 3.8) is 0 Å². The topological polar surface area (TPSA) is 153 Å². The van der Waals surface area contributed by atoms with E-state index in [1.54, 1.807) is 25.7 Å². The van der Waals surface area contributed by atoms with E-state index in [-0.39, 0.29) is 24.6 Å². The van der Waals surface area contributed by atoms with Gasteiger partial charge in [-0.05, 0) is 38.7 Å². The van der Waals surface area contributed by atoms with E-state index < -0.39 is 15.9 Å². The summed E-state index contributed by atoms with van der Waals surface area (Å²) in [7, 11) is -2.00. The molecule has 3 heterocycles. The monoisotopic (exact) mass is 505 g/mol. The quantitative estimate of drug-likeness (QED) is 0.388. The molecule has 3 N–H and O–H groups in total. The van der Waals surface area contributed by atoms with Crippen LogP contribution in [0.5, 0.6) is 0 Å². The van der Waals surface area contributed by atoms with Crippen LogP contribution in [0.4, 0.5) is 5.95 Å². The SMILES string of the molecule is COC[C@H](C)Nc1ncc2c(-c3cnn(CC(=O)NS(C)(=O)=O)c3)cc([C@H]3CC[C@H](O)CC3)n2n1. The van der Waals surface area contributed by atoms with E-state index in [9.17, 15) is 18.3 Å². The number of nitrogens with one attached hydrogen (secondary N) is 2. The number of hydrogen-bond acceptors (Lipinski definition) is 9. The molecule has 1 atom stereocenters. The number of aliphatic hydroxyl groups is 1. The van der Waals surface area contributed by atoms with Gasteiger partial charge in [-0.3, -0.25) is 14.2 Å². The molecule has 12 nitrogen and oxygen atoms in total. The van der Waals surface area contributed by atoms with Crippen molar-refractivity contribution in [3.8, 4) is 11.1 Å². The zero-order valence-corrected chi connectivity index (χ0v) is 20.8. The van der Waals surface area contributed by atoms with Gasteiger partial charge in [0.2, 0.25) is 16.0 Å². The summed E-state index contributed by atoms with van der Waals surface area (Å²) in [6, 6.07) is 2.09. The maximum Gasteiger partial charge on any atom is 0.255 e. The number of carbonyl (C=O) groups excluding carboxylic acids is 1. The van der Waals surface area contributed by atoms with Gasteiger partial charge in [-0.15, -0.1) is 5.10 Å². The van der Waals surface area contributed by atoms with E-state index in [1.165, 1.54) is 4.68 Å². The van der Waals surface area contributed by atoms with Gasteiger partial charge in [-0.25, -0.2) is 17.9 Å². The molecule has 13 heteroatoms. The van der Waals surface area contributed by atoms with Crippen molar-refractivity contribution in [2.75, 3.05) is 25.3 Å². The first-order chi connectivity index (χ1) is 16.6. The molecule has 3 aromatic heterocycles. The Morgan fingerprint density at radius 3 is 2.71 bits per heavy atom. The molecule has 1 saturated carbocycles. The van der Waals surface area contributed by atoms with Gasteiger partial charge in [0.1, 0.15) is 6.54 Å². The Hall–Kier alpha value is -3.03. The highest BCUT2D eigenvalue weighted by Gasteiger charge is 2.26. The standard InChI is InChI=1S/C22H31N7O5S/c1-14(13-34-2)25-22-23-10-20-18(8-19(29(20)26-22)15-4-6-17(30)7-5-15)16-9-24-28(11-16)12-21(31)27-35(3,32)33/h8-11,14-15,17,30H,4-7,12-13H2,1-3H3,(H,25,26)(H,27,31)/t14-,15-,17-/m0/s1. The van der Waals surface area contributed by atoms with E-state index in [2.05, 4.69) is 21.5 Å². The average Bonchev–Trinajstić information content (AvgIpc) is 3.37. The number of amides is 1. The lowest BCUT2D eigenvalue weighted by molar-refractivity contribution is -0.120. The zero-order valence-electron chi connectivity index (χ0n) is 20.0. The summed E-state index contributed by atoms with van der Waals surface area (Å²) < 4.78 is 33.0. The van der Waals surface area contributed by atoms with E-state index in [1.807, 2.05) is 16.2 Å².